The molecule has 1 N–H and O–H groups in total. The van der Waals surface area contributed by atoms with Gasteiger partial charge in [-0.15, -0.1) is 0 Å². The van der Waals surface area contributed by atoms with Crippen molar-refractivity contribution < 1.29 is 5.11 Å². The van der Waals surface area contributed by atoms with Gasteiger partial charge >= 0.3 is 0 Å². The lowest BCUT2D eigenvalue weighted by Crippen LogP contribution is -2.67. The number of hydrogen-bond donors (Lipinski definition) is 1. The summed E-state index contributed by atoms with van der Waals surface area (Å²) < 4.78 is 0. The third kappa shape index (κ3) is 0.703. The van der Waals surface area contributed by atoms with Crippen LogP contribution in [0.5, 0.6) is 0 Å². The smallest absolute Gasteiger partial charge is 0.0568 e. The number of aliphatic hydroxyl groups excluding tert-OH is 1. The minimum atomic E-state index is -0.0666. The highest BCUT2D eigenvalue weighted by Crippen LogP contribution is 2.77. The minimum Gasteiger partial charge on any atom is -0.393 e. The van der Waals surface area contributed by atoms with Gasteiger partial charge in [-0.2, -0.15) is 0 Å². The Morgan fingerprint density at radius 1 is 1.00 bits per heavy atom. The number of aliphatic hydroxyl groups is 1. The predicted molar refractivity (Wildman–Crippen MR) is 45.2 cm³/mol. The predicted octanol–water partition coefficient (Wildman–Crippen LogP) is 2.19. The maximum Gasteiger partial charge on any atom is 0.0568 e. The highest BCUT2D eigenvalue weighted by Gasteiger charge is 2.70. The molecule has 3 aliphatic rings. The summed E-state index contributed by atoms with van der Waals surface area (Å²) >= 11 is 0. The Kier molecular flexibility index (Phi) is 1.26. The Morgan fingerprint density at radius 2 is 1.45 bits per heavy atom. The molecule has 0 saturated heterocycles. The molecule has 0 heterocycles. The molecular weight excluding hydrogens is 136 g/mol. The first-order chi connectivity index (χ1) is 5.01. The molecule has 2 bridgehead atoms. The fourth-order valence-corrected chi connectivity index (χ4v) is 3.00. The van der Waals surface area contributed by atoms with Gasteiger partial charge < -0.3 is 5.11 Å². The average Bonchev–Trinajstić information content (AvgIpc) is 1.51. The Hall–Kier alpha value is -0.0400. The SMILES string of the molecule is CC(C)C12CC(C(C)O)(C1)C2. The maximum atomic E-state index is 9.47. The van der Waals surface area contributed by atoms with Gasteiger partial charge in [-0.1, -0.05) is 13.8 Å². The second-order valence-electron chi connectivity index (χ2n) is 5.09. The van der Waals surface area contributed by atoms with E-state index in [4.69, 9.17) is 0 Å². The van der Waals surface area contributed by atoms with Crippen LogP contribution in [0.2, 0.25) is 0 Å². The molecule has 0 radical (unpaired) electrons. The van der Waals surface area contributed by atoms with Crippen molar-refractivity contribution in [2.75, 3.05) is 0 Å². The molecule has 3 saturated carbocycles. The lowest BCUT2D eigenvalue weighted by Gasteiger charge is -2.74. The summed E-state index contributed by atoms with van der Waals surface area (Å²) in [6.07, 6.45) is 3.79. The quantitative estimate of drug-likeness (QED) is 0.646. The molecule has 3 rings (SSSR count). The molecule has 1 heteroatoms. The van der Waals surface area contributed by atoms with E-state index in [1.807, 2.05) is 6.92 Å². The summed E-state index contributed by atoms with van der Waals surface area (Å²) in [6.45, 7) is 6.57. The monoisotopic (exact) mass is 154 g/mol. The third-order valence-electron chi connectivity index (χ3n) is 4.22. The molecule has 0 aliphatic heterocycles. The Balaban J connectivity index is 1.99. The first-order valence-electron chi connectivity index (χ1n) is 4.69. The van der Waals surface area contributed by atoms with Crippen LogP contribution in [0.3, 0.4) is 0 Å². The molecule has 11 heavy (non-hydrogen) atoms. The summed E-state index contributed by atoms with van der Waals surface area (Å²) in [5.41, 5.74) is 1.02. The third-order valence-corrected chi connectivity index (χ3v) is 4.22. The van der Waals surface area contributed by atoms with Crippen molar-refractivity contribution in [3.8, 4) is 0 Å². The Bertz CT molecular complexity index is 144. The molecule has 0 aromatic carbocycles. The minimum absolute atomic E-state index is 0.0666. The zero-order valence-electron chi connectivity index (χ0n) is 7.72. The molecular formula is C10H18O. The molecule has 1 nitrogen and oxygen atoms in total. The summed E-state index contributed by atoms with van der Waals surface area (Å²) in [4.78, 5) is 0. The van der Waals surface area contributed by atoms with Crippen LogP contribution in [0.15, 0.2) is 0 Å². The van der Waals surface area contributed by atoms with Gasteiger partial charge in [0.2, 0.25) is 0 Å². The van der Waals surface area contributed by atoms with E-state index >= 15 is 0 Å². The Labute approximate surface area is 68.8 Å². The highest BCUT2D eigenvalue weighted by atomic mass is 16.3. The summed E-state index contributed by atoms with van der Waals surface area (Å²) in [5, 5.41) is 9.47. The van der Waals surface area contributed by atoms with E-state index in [1.165, 1.54) is 19.3 Å². The van der Waals surface area contributed by atoms with Gasteiger partial charge in [0, 0.05) is 0 Å². The molecule has 1 unspecified atom stereocenters. The second kappa shape index (κ2) is 1.82. The fourth-order valence-electron chi connectivity index (χ4n) is 3.00. The molecule has 3 aliphatic carbocycles. The topological polar surface area (TPSA) is 20.2 Å². The van der Waals surface area contributed by atoms with Crippen LogP contribution in [-0.2, 0) is 0 Å². The molecule has 0 spiro atoms. The zero-order chi connectivity index (χ0) is 8.28. The lowest BCUT2D eigenvalue weighted by molar-refractivity contribution is -0.270. The molecule has 1 atom stereocenters. The number of hydrogen-bond acceptors (Lipinski definition) is 1. The summed E-state index contributed by atoms with van der Waals surface area (Å²) in [6, 6.07) is 0. The van der Waals surface area contributed by atoms with E-state index in [1.54, 1.807) is 0 Å². The Morgan fingerprint density at radius 3 is 1.73 bits per heavy atom. The molecule has 0 aromatic rings. The van der Waals surface area contributed by atoms with E-state index in [0.717, 1.165) is 5.92 Å². The van der Waals surface area contributed by atoms with E-state index in [2.05, 4.69) is 13.8 Å². The van der Waals surface area contributed by atoms with Crippen molar-refractivity contribution in [2.45, 2.75) is 46.1 Å². The first kappa shape index (κ1) is 7.60. The normalized spacial score (nSPS) is 49.9. The molecule has 0 aromatic heterocycles. The van der Waals surface area contributed by atoms with E-state index in [9.17, 15) is 5.11 Å². The van der Waals surface area contributed by atoms with Crippen LogP contribution in [0.25, 0.3) is 0 Å². The maximum absolute atomic E-state index is 9.47. The summed E-state index contributed by atoms with van der Waals surface area (Å²) in [5.74, 6) is 0.822. The largest absolute Gasteiger partial charge is 0.393 e. The van der Waals surface area contributed by atoms with Gasteiger partial charge in [0.15, 0.2) is 0 Å². The van der Waals surface area contributed by atoms with E-state index in [0.29, 0.717) is 10.8 Å². The van der Waals surface area contributed by atoms with Crippen LogP contribution in [0, 0.1) is 16.7 Å². The zero-order valence-corrected chi connectivity index (χ0v) is 7.72. The highest BCUT2D eigenvalue weighted by molar-refractivity contribution is 5.19. The lowest BCUT2D eigenvalue weighted by atomic mass is 9.31. The van der Waals surface area contributed by atoms with Gasteiger partial charge in [-0.25, -0.2) is 0 Å². The fraction of sp³-hybridized carbons (Fsp3) is 1.00. The van der Waals surface area contributed by atoms with Crippen LogP contribution in [-0.4, -0.2) is 11.2 Å². The number of rotatable bonds is 2. The van der Waals surface area contributed by atoms with Crippen molar-refractivity contribution >= 4 is 0 Å². The standard InChI is InChI=1S/C10H18O/c1-7(2)9-4-10(5-9,6-9)8(3)11/h7-8,11H,4-6H2,1-3H3. The van der Waals surface area contributed by atoms with Gasteiger partial charge in [0.05, 0.1) is 6.10 Å². The van der Waals surface area contributed by atoms with Gasteiger partial charge in [0.1, 0.15) is 0 Å². The first-order valence-corrected chi connectivity index (χ1v) is 4.69. The van der Waals surface area contributed by atoms with Gasteiger partial charge in [0.25, 0.3) is 0 Å². The van der Waals surface area contributed by atoms with E-state index < -0.39 is 0 Å². The van der Waals surface area contributed by atoms with Crippen molar-refractivity contribution in [1.82, 2.24) is 0 Å². The van der Waals surface area contributed by atoms with Crippen LogP contribution < -0.4 is 0 Å². The van der Waals surface area contributed by atoms with Crippen LogP contribution in [0.1, 0.15) is 40.0 Å². The van der Waals surface area contributed by atoms with Crippen molar-refractivity contribution in [2.24, 2.45) is 16.7 Å². The summed E-state index contributed by atoms with van der Waals surface area (Å²) in [7, 11) is 0. The van der Waals surface area contributed by atoms with Crippen molar-refractivity contribution in [3.63, 3.8) is 0 Å². The molecule has 64 valence electrons. The van der Waals surface area contributed by atoms with E-state index in [-0.39, 0.29) is 6.10 Å². The second-order valence-corrected chi connectivity index (χ2v) is 5.09. The molecule has 0 amide bonds. The van der Waals surface area contributed by atoms with Gasteiger partial charge in [-0.3, -0.25) is 0 Å². The van der Waals surface area contributed by atoms with Crippen LogP contribution >= 0.6 is 0 Å². The van der Waals surface area contributed by atoms with Crippen LogP contribution in [0.4, 0.5) is 0 Å². The van der Waals surface area contributed by atoms with Gasteiger partial charge in [-0.05, 0) is 42.9 Å². The van der Waals surface area contributed by atoms with Crippen molar-refractivity contribution in [1.29, 1.82) is 0 Å². The molecule has 3 fully saturated rings. The average molecular weight is 154 g/mol. The van der Waals surface area contributed by atoms with Crippen molar-refractivity contribution in [3.05, 3.63) is 0 Å².